The third kappa shape index (κ3) is 3.47. The van der Waals surface area contributed by atoms with Gasteiger partial charge in [-0.25, -0.2) is 0 Å². The molecule has 0 heterocycles. The van der Waals surface area contributed by atoms with Crippen LogP contribution in [0.15, 0.2) is 48.5 Å². The van der Waals surface area contributed by atoms with Gasteiger partial charge in [-0.1, -0.05) is 41.9 Å². The number of halogens is 1. The number of benzene rings is 2. The van der Waals surface area contributed by atoms with Crippen LogP contribution in [0.5, 0.6) is 0 Å². The average Bonchev–Trinajstić information content (AvgIpc) is 2.46. The number of nitriles is 1. The third-order valence-corrected chi connectivity index (χ3v) is 3.09. The minimum atomic E-state index is -0.587. The minimum absolute atomic E-state index is 0.381. The van der Waals surface area contributed by atoms with E-state index in [0.717, 1.165) is 11.3 Å². The van der Waals surface area contributed by atoms with Gasteiger partial charge in [-0.2, -0.15) is 5.26 Å². The van der Waals surface area contributed by atoms with Crippen LogP contribution in [0.3, 0.4) is 0 Å². The lowest BCUT2D eigenvalue weighted by atomic mass is 10.1. The molecular weight excluding hydrogens is 260 g/mol. The Balaban J connectivity index is 2.00. The van der Waals surface area contributed by atoms with Crippen molar-refractivity contribution < 1.29 is 5.11 Å². The molecule has 96 valence electrons. The molecule has 0 amide bonds. The Kier molecular flexibility index (Phi) is 4.40. The first kappa shape index (κ1) is 13.4. The van der Waals surface area contributed by atoms with E-state index >= 15 is 0 Å². The molecule has 0 aliphatic heterocycles. The van der Waals surface area contributed by atoms with Crippen molar-refractivity contribution in [2.24, 2.45) is 0 Å². The highest BCUT2D eigenvalue weighted by Gasteiger charge is 2.07. The van der Waals surface area contributed by atoms with Crippen LogP contribution in [0.1, 0.15) is 17.2 Å². The van der Waals surface area contributed by atoms with Crippen molar-refractivity contribution in [3.05, 3.63) is 64.7 Å². The van der Waals surface area contributed by atoms with E-state index in [1.807, 2.05) is 36.4 Å². The predicted molar refractivity (Wildman–Crippen MR) is 76.1 cm³/mol. The highest BCUT2D eigenvalue weighted by molar-refractivity contribution is 6.32. The highest BCUT2D eigenvalue weighted by atomic mass is 35.5. The summed E-state index contributed by atoms with van der Waals surface area (Å²) in [6.45, 7) is 0.381. The molecule has 0 aliphatic rings. The molecule has 0 saturated heterocycles. The standard InChI is InChI=1S/C15H13ClN2O/c16-14-8-13(7-6-12(14)9-17)18-10-15(19)11-4-2-1-3-5-11/h1-8,15,18-19H,10H2. The first-order valence-electron chi connectivity index (χ1n) is 5.87. The highest BCUT2D eigenvalue weighted by Crippen LogP contribution is 2.21. The number of anilines is 1. The molecule has 19 heavy (non-hydrogen) atoms. The summed E-state index contributed by atoms with van der Waals surface area (Å²) in [6.07, 6.45) is -0.587. The van der Waals surface area contributed by atoms with Crippen molar-refractivity contribution in [3.8, 4) is 6.07 Å². The molecule has 2 aromatic carbocycles. The SMILES string of the molecule is N#Cc1ccc(NCC(O)c2ccccc2)cc1Cl. The fourth-order valence-electron chi connectivity index (χ4n) is 1.72. The van der Waals surface area contributed by atoms with Gasteiger partial charge in [-0.3, -0.25) is 0 Å². The lowest BCUT2D eigenvalue weighted by molar-refractivity contribution is 0.191. The third-order valence-electron chi connectivity index (χ3n) is 2.77. The summed E-state index contributed by atoms with van der Waals surface area (Å²) < 4.78 is 0. The number of aliphatic hydroxyl groups is 1. The maximum Gasteiger partial charge on any atom is 0.101 e. The molecule has 0 saturated carbocycles. The minimum Gasteiger partial charge on any atom is -0.387 e. The monoisotopic (exact) mass is 272 g/mol. The van der Waals surface area contributed by atoms with E-state index in [0.29, 0.717) is 17.1 Å². The second kappa shape index (κ2) is 6.24. The van der Waals surface area contributed by atoms with Crippen LogP contribution < -0.4 is 5.32 Å². The molecule has 1 atom stereocenters. The average molecular weight is 273 g/mol. The molecule has 0 spiro atoms. The van der Waals surface area contributed by atoms with Crippen molar-refractivity contribution in [1.82, 2.24) is 0 Å². The molecule has 0 aromatic heterocycles. The normalized spacial score (nSPS) is 11.6. The van der Waals surface area contributed by atoms with Crippen molar-refractivity contribution in [2.75, 3.05) is 11.9 Å². The lowest BCUT2D eigenvalue weighted by Crippen LogP contribution is -2.12. The van der Waals surface area contributed by atoms with Crippen LogP contribution >= 0.6 is 11.6 Å². The zero-order valence-corrected chi connectivity index (χ0v) is 10.9. The van der Waals surface area contributed by atoms with Crippen LogP contribution in [0.2, 0.25) is 5.02 Å². The van der Waals surface area contributed by atoms with Crippen molar-refractivity contribution in [3.63, 3.8) is 0 Å². The first-order valence-corrected chi connectivity index (χ1v) is 6.25. The van der Waals surface area contributed by atoms with Gasteiger partial charge in [0.1, 0.15) is 6.07 Å². The van der Waals surface area contributed by atoms with Crippen LogP contribution in [-0.2, 0) is 0 Å². The quantitative estimate of drug-likeness (QED) is 0.897. The summed E-state index contributed by atoms with van der Waals surface area (Å²) in [5.74, 6) is 0. The van der Waals surface area contributed by atoms with Crippen molar-refractivity contribution in [2.45, 2.75) is 6.10 Å². The summed E-state index contributed by atoms with van der Waals surface area (Å²) in [4.78, 5) is 0. The topological polar surface area (TPSA) is 56.0 Å². The van der Waals surface area contributed by atoms with Crippen molar-refractivity contribution in [1.29, 1.82) is 5.26 Å². The number of rotatable bonds is 4. The van der Waals surface area contributed by atoms with Gasteiger partial charge in [-0.15, -0.1) is 0 Å². The molecule has 2 aromatic rings. The van der Waals surface area contributed by atoms with E-state index in [9.17, 15) is 5.11 Å². The Hall–Kier alpha value is -2.02. The Morgan fingerprint density at radius 2 is 1.95 bits per heavy atom. The zero-order chi connectivity index (χ0) is 13.7. The van der Waals surface area contributed by atoms with Gasteiger partial charge < -0.3 is 10.4 Å². The number of aliphatic hydroxyl groups excluding tert-OH is 1. The fraction of sp³-hybridized carbons (Fsp3) is 0.133. The molecule has 3 nitrogen and oxygen atoms in total. The smallest absolute Gasteiger partial charge is 0.101 e. The lowest BCUT2D eigenvalue weighted by Gasteiger charge is -2.13. The van der Waals surface area contributed by atoms with Gasteiger partial charge in [0.25, 0.3) is 0 Å². The Bertz CT molecular complexity index is 593. The van der Waals surface area contributed by atoms with Gasteiger partial charge in [0.2, 0.25) is 0 Å². The first-order chi connectivity index (χ1) is 9.20. The Morgan fingerprint density at radius 3 is 2.58 bits per heavy atom. The van der Waals surface area contributed by atoms with Crippen LogP contribution in [0, 0.1) is 11.3 Å². The maximum absolute atomic E-state index is 10.0. The molecule has 1 unspecified atom stereocenters. The summed E-state index contributed by atoms with van der Waals surface area (Å²) in [5.41, 5.74) is 2.07. The zero-order valence-electron chi connectivity index (χ0n) is 10.2. The number of hydrogen-bond acceptors (Lipinski definition) is 3. The molecular formula is C15H13ClN2O. The number of nitrogens with zero attached hydrogens (tertiary/aromatic N) is 1. The summed E-state index contributed by atoms with van der Waals surface area (Å²) in [7, 11) is 0. The van der Waals surface area contributed by atoms with Crippen molar-refractivity contribution >= 4 is 17.3 Å². The molecule has 0 fully saturated rings. The van der Waals surface area contributed by atoms with E-state index in [2.05, 4.69) is 5.32 Å². The van der Waals surface area contributed by atoms with Crippen LogP contribution in [0.4, 0.5) is 5.69 Å². The maximum atomic E-state index is 10.0. The second-order valence-corrected chi connectivity index (χ2v) is 4.52. The molecule has 0 bridgehead atoms. The van der Waals surface area contributed by atoms with E-state index in [1.54, 1.807) is 18.2 Å². The second-order valence-electron chi connectivity index (χ2n) is 4.11. The molecule has 0 radical (unpaired) electrons. The van der Waals surface area contributed by atoms with Gasteiger partial charge in [0.15, 0.2) is 0 Å². The van der Waals surface area contributed by atoms with E-state index in [4.69, 9.17) is 16.9 Å². The Labute approximate surface area is 117 Å². The molecule has 2 N–H and O–H groups in total. The van der Waals surface area contributed by atoms with E-state index in [-0.39, 0.29) is 0 Å². The molecule has 0 aliphatic carbocycles. The summed E-state index contributed by atoms with van der Waals surface area (Å²) >= 11 is 5.94. The molecule has 4 heteroatoms. The van der Waals surface area contributed by atoms with Gasteiger partial charge in [0, 0.05) is 12.2 Å². The van der Waals surface area contributed by atoms with Gasteiger partial charge in [0.05, 0.1) is 16.7 Å². The van der Waals surface area contributed by atoms with E-state index in [1.165, 1.54) is 0 Å². The number of hydrogen-bond donors (Lipinski definition) is 2. The fourth-order valence-corrected chi connectivity index (χ4v) is 1.95. The van der Waals surface area contributed by atoms with E-state index < -0.39 is 6.10 Å². The summed E-state index contributed by atoms with van der Waals surface area (Å²) in [5, 5.41) is 22.3. The molecule has 2 rings (SSSR count). The largest absolute Gasteiger partial charge is 0.387 e. The van der Waals surface area contributed by atoms with Crippen LogP contribution in [0.25, 0.3) is 0 Å². The summed E-state index contributed by atoms with van der Waals surface area (Å²) in [6, 6.07) is 16.5. The van der Waals surface area contributed by atoms with Crippen LogP contribution in [-0.4, -0.2) is 11.7 Å². The van der Waals surface area contributed by atoms with Gasteiger partial charge in [-0.05, 0) is 23.8 Å². The predicted octanol–water partition coefficient (Wildman–Crippen LogP) is 3.36. The number of nitrogens with one attached hydrogen (secondary N) is 1. The Morgan fingerprint density at radius 1 is 1.21 bits per heavy atom. The van der Waals surface area contributed by atoms with Gasteiger partial charge >= 0.3 is 0 Å².